The Hall–Kier alpha value is -2.05. The first-order valence-electron chi connectivity index (χ1n) is 8.54. The summed E-state index contributed by atoms with van der Waals surface area (Å²) in [4.78, 5) is 28.0. The van der Waals surface area contributed by atoms with Crippen LogP contribution < -0.4 is 4.90 Å². The summed E-state index contributed by atoms with van der Waals surface area (Å²) in [7, 11) is 0. The van der Waals surface area contributed by atoms with Crippen molar-refractivity contribution in [3.63, 3.8) is 0 Å². The number of hydrogen-bond donors (Lipinski definition) is 0. The highest BCUT2D eigenvalue weighted by Gasteiger charge is 2.37. The molecule has 1 atom stereocenters. The summed E-state index contributed by atoms with van der Waals surface area (Å²) in [5.41, 5.74) is -0.363. The highest BCUT2D eigenvalue weighted by Crippen LogP contribution is 2.32. The van der Waals surface area contributed by atoms with Crippen molar-refractivity contribution in [2.45, 2.75) is 39.3 Å². The van der Waals surface area contributed by atoms with E-state index in [4.69, 9.17) is 0 Å². The fraction of sp³-hybridized carbons (Fsp3) is 0.556. The number of halogens is 3. The minimum absolute atomic E-state index is 0.0496. The fourth-order valence-corrected chi connectivity index (χ4v) is 3.08. The van der Waals surface area contributed by atoms with Gasteiger partial charge in [-0.25, -0.2) is 0 Å². The lowest BCUT2D eigenvalue weighted by atomic mass is 10.1. The van der Waals surface area contributed by atoms with Gasteiger partial charge in [0, 0.05) is 31.7 Å². The zero-order valence-electron chi connectivity index (χ0n) is 14.5. The number of rotatable bonds is 6. The van der Waals surface area contributed by atoms with Crippen LogP contribution in [0.3, 0.4) is 0 Å². The molecule has 1 heterocycles. The monoisotopic (exact) mass is 356 g/mol. The Kier molecular flexibility index (Phi) is 6.08. The maximum absolute atomic E-state index is 12.6. The van der Waals surface area contributed by atoms with Crippen LogP contribution in [-0.2, 0) is 15.8 Å². The van der Waals surface area contributed by atoms with Crippen LogP contribution in [0.5, 0.6) is 0 Å². The summed E-state index contributed by atoms with van der Waals surface area (Å²) in [5, 5.41) is 0. The zero-order valence-corrected chi connectivity index (χ0v) is 14.5. The Labute approximate surface area is 145 Å². The molecule has 25 heavy (non-hydrogen) atoms. The number of nitrogens with zero attached hydrogens (tertiary/aromatic N) is 2. The minimum atomic E-state index is -4.41. The van der Waals surface area contributed by atoms with Crippen LogP contribution in [-0.4, -0.2) is 36.3 Å². The van der Waals surface area contributed by atoms with Gasteiger partial charge in [-0.1, -0.05) is 13.8 Å². The lowest BCUT2D eigenvalue weighted by Gasteiger charge is -2.25. The smallest absolute Gasteiger partial charge is 0.342 e. The van der Waals surface area contributed by atoms with Crippen molar-refractivity contribution >= 4 is 17.5 Å². The van der Waals surface area contributed by atoms with Crippen LogP contribution >= 0.6 is 0 Å². The van der Waals surface area contributed by atoms with Crippen molar-refractivity contribution in [2.75, 3.05) is 24.5 Å². The highest BCUT2D eigenvalue weighted by atomic mass is 19.4. The molecule has 2 rings (SSSR count). The zero-order chi connectivity index (χ0) is 18.6. The molecule has 4 nitrogen and oxygen atoms in total. The van der Waals surface area contributed by atoms with Gasteiger partial charge < -0.3 is 9.80 Å². The van der Waals surface area contributed by atoms with E-state index in [1.807, 2.05) is 13.8 Å². The van der Waals surface area contributed by atoms with Crippen LogP contribution in [0.15, 0.2) is 24.3 Å². The van der Waals surface area contributed by atoms with Gasteiger partial charge in [0.05, 0.1) is 11.5 Å². The van der Waals surface area contributed by atoms with E-state index in [0.29, 0.717) is 18.8 Å². The average Bonchev–Trinajstić information content (AvgIpc) is 2.95. The van der Waals surface area contributed by atoms with Crippen molar-refractivity contribution < 1.29 is 22.8 Å². The van der Waals surface area contributed by atoms with Gasteiger partial charge in [0.1, 0.15) is 0 Å². The summed E-state index contributed by atoms with van der Waals surface area (Å²) in [6.07, 6.45) is -2.62. The van der Waals surface area contributed by atoms with Crippen molar-refractivity contribution in [3.05, 3.63) is 29.8 Å². The summed E-state index contributed by atoms with van der Waals surface area (Å²) in [6, 6.07) is 4.48. The molecule has 1 aromatic carbocycles. The van der Waals surface area contributed by atoms with E-state index in [9.17, 15) is 22.8 Å². The molecule has 1 unspecified atom stereocenters. The lowest BCUT2D eigenvalue weighted by molar-refractivity contribution is -0.137. The van der Waals surface area contributed by atoms with Gasteiger partial charge in [0.2, 0.25) is 11.8 Å². The molecule has 1 aromatic rings. The molecule has 1 aliphatic rings. The lowest BCUT2D eigenvalue weighted by Crippen LogP contribution is -2.38. The first kappa shape index (κ1) is 19.3. The first-order valence-corrected chi connectivity index (χ1v) is 8.54. The molecule has 0 radical (unpaired) electrons. The third kappa shape index (κ3) is 4.52. The first-order chi connectivity index (χ1) is 11.8. The van der Waals surface area contributed by atoms with E-state index in [1.165, 1.54) is 17.0 Å². The molecule has 0 N–H and O–H groups in total. The van der Waals surface area contributed by atoms with E-state index in [2.05, 4.69) is 0 Å². The van der Waals surface area contributed by atoms with Gasteiger partial charge in [-0.2, -0.15) is 13.2 Å². The molecule has 2 amide bonds. The molecule has 1 fully saturated rings. The summed E-state index contributed by atoms with van der Waals surface area (Å²) >= 11 is 0. The second-order valence-corrected chi connectivity index (χ2v) is 6.28. The second kappa shape index (κ2) is 7.89. The Morgan fingerprint density at radius 3 is 2.20 bits per heavy atom. The number of anilines is 1. The Balaban J connectivity index is 2.10. The quantitative estimate of drug-likeness (QED) is 0.780. The molecular formula is C18H23F3N2O2. The van der Waals surface area contributed by atoms with E-state index >= 15 is 0 Å². The fourth-order valence-electron chi connectivity index (χ4n) is 3.08. The van der Waals surface area contributed by atoms with Crippen LogP contribution in [0.2, 0.25) is 0 Å². The van der Waals surface area contributed by atoms with E-state index < -0.39 is 17.7 Å². The Morgan fingerprint density at radius 1 is 1.16 bits per heavy atom. The van der Waals surface area contributed by atoms with Gasteiger partial charge >= 0.3 is 6.18 Å². The standard InChI is InChI=1S/C18H23F3N2O2/c1-3-9-22(10-4-2)17(25)13-11-16(24)23(12-13)15-7-5-14(6-8-15)18(19,20)21/h5-8,13H,3-4,9-12H2,1-2H3. The number of benzene rings is 1. The molecule has 7 heteroatoms. The number of carbonyl (C=O) groups excluding carboxylic acids is 2. The van der Waals surface area contributed by atoms with Gasteiger partial charge in [-0.15, -0.1) is 0 Å². The number of hydrogen-bond acceptors (Lipinski definition) is 2. The van der Waals surface area contributed by atoms with E-state index in [1.54, 1.807) is 4.90 Å². The van der Waals surface area contributed by atoms with Crippen molar-refractivity contribution in [3.8, 4) is 0 Å². The van der Waals surface area contributed by atoms with Gasteiger partial charge in [-0.05, 0) is 37.1 Å². The van der Waals surface area contributed by atoms with Gasteiger partial charge in [0.15, 0.2) is 0 Å². The Bertz CT molecular complexity index is 608. The molecule has 0 aliphatic carbocycles. The molecule has 0 bridgehead atoms. The molecule has 1 aliphatic heterocycles. The van der Waals surface area contributed by atoms with E-state index in [0.717, 1.165) is 25.0 Å². The van der Waals surface area contributed by atoms with Gasteiger partial charge in [0.25, 0.3) is 0 Å². The molecular weight excluding hydrogens is 333 g/mol. The number of amides is 2. The Morgan fingerprint density at radius 2 is 1.72 bits per heavy atom. The summed E-state index contributed by atoms with van der Waals surface area (Å²) in [5.74, 6) is -0.717. The minimum Gasteiger partial charge on any atom is -0.342 e. The van der Waals surface area contributed by atoms with E-state index in [-0.39, 0.29) is 24.8 Å². The van der Waals surface area contributed by atoms with Crippen molar-refractivity contribution in [2.24, 2.45) is 5.92 Å². The largest absolute Gasteiger partial charge is 0.416 e. The predicted molar refractivity (Wildman–Crippen MR) is 89.1 cm³/mol. The molecule has 0 spiro atoms. The van der Waals surface area contributed by atoms with Crippen LogP contribution in [0, 0.1) is 5.92 Å². The maximum Gasteiger partial charge on any atom is 0.416 e. The highest BCUT2D eigenvalue weighted by molar-refractivity contribution is 6.00. The summed E-state index contributed by atoms with van der Waals surface area (Å²) in [6.45, 7) is 5.50. The SMILES string of the molecule is CCCN(CCC)C(=O)C1CC(=O)N(c2ccc(C(F)(F)F)cc2)C1. The third-order valence-corrected chi connectivity index (χ3v) is 4.28. The third-order valence-electron chi connectivity index (χ3n) is 4.28. The maximum atomic E-state index is 12.6. The van der Waals surface area contributed by atoms with Gasteiger partial charge in [-0.3, -0.25) is 9.59 Å². The molecule has 138 valence electrons. The van der Waals surface area contributed by atoms with Crippen molar-refractivity contribution in [1.82, 2.24) is 4.90 Å². The molecule has 0 aromatic heterocycles. The summed E-state index contributed by atoms with van der Waals surface area (Å²) < 4.78 is 37.9. The van der Waals surface area contributed by atoms with Crippen LogP contribution in [0.25, 0.3) is 0 Å². The number of carbonyl (C=O) groups is 2. The second-order valence-electron chi connectivity index (χ2n) is 6.28. The molecule has 1 saturated heterocycles. The van der Waals surface area contributed by atoms with Crippen molar-refractivity contribution in [1.29, 1.82) is 0 Å². The van der Waals surface area contributed by atoms with Crippen LogP contribution in [0.4, 0.5) is 18.9 Å². The molecule has 0 saturated carbocycles. The normalized spacial score (nSPS) is 17.9. The number of alkyl halides is 3. The topological polar surface area (TPSA) is 40.6 Å². The average molecular weight is 356 g/mol. The van der Waals surface area contributed by atoms with Crippen LogP contribution in [0.1, 0.15) is 38.7 Å². The predicted octanol–water partition coefficient (Wildman–Crippen LogP) is 3.71.